The van der Waals surface area contributed by atoms with E-state index in [1.165, 1.54) is 11.8 Å². The molecule has 2 amide bonds. The molecular formula is C25H30N2O3S2. The molecule has 1 N–H and O–H groups in total. The lowest BCUT2D eigenvalue weighted by molar-refractivity contribution is -0.129. The van der Waals surface area contributed by atoms with Crippen LogP contribution in [0.25, 0.3) is 11.1 Å². The van der Waals surface area contributed by atoms with Crippen LogP contribution in [-0.2, 0) is 16.1 Å². The smallest absolute Gasteiger partial charge is 0.242 e. The topological polar surface area (TPSA) is 58.6 Å². The molecule has 0 aromatic heterocycles. The third-order valence-electron chi connectivity index (χ3n) is 4.93. The van der Waals surface area contributed by atoms with Crippen LogP contribution in [0.5, 0.6) is 5.75 Å². The van der Waals surface area contributed by atoms with Crippen LogP contribution in [0.3, 0.4) is 0 Å². The number of hydrogen-bond donors (Lipinski definition) is 1. The van der Waals surface area contributed by atoms with Gasteiger partial charge in [-0.05, 0) is 48.6 Å². The highest BCUT2D eigenvalue weighted by molar-refractivity contribution is 8.24. The van der Waals surface area contributed by atoms with E-state index in [4.69, 9.17) is 17.0 Å². The van der Waals surface area contributed by atoms with E-state index in [9.17, 15) is 9.59 Å². The van der Waals surface area contributed by atoms with Crippen LogP contribution in [0.1, 0.15) is 39.7 Å². The summed E-state index contributed by atoms with van der Waals surface area (Å²) >= 11 is 6.63. The Morgan fingerprint density at radius 1 is 1.06 bits per heavy atom. The largest absolute Gasteiger partial charge is 0.491 e. The highest BCUT2D eigenvalue weighted by Gasteiger charge is 2.38. The molecule has 5 nitrogen and oxygen atoms in total. The van der Waals surface area contributed by atoms with Gasteiger partial charge in [0.25, 0.3) is 0 Å². The Hall–Kier alpha value is -2.38. The van der Waals surface area contributed by atoms with E-state index >= 15 is 0 Å². The molecule has 2 aromatic carbocycles. The van der Waals surface area contributed by atoms with Crippen LogP contribution in [-0.4, -0.2) is 38.9 Å². The van der Waals surface area contributed by atoms with Gasteiger partial charge < -0.3 is 10.1 Å². The minimum absolute atomic E-state index is 0.0574. The fraction of sp³-hybridized carbons (Fsp3) is 0.400. The third kappa shape index (κ3) is 6.56. The lowest BCUT2D eigenvalue weighted by atomic mass is 10.0. The van der Waals surface area contributed by atoms with Gasteiger partial charge in [-0.3, -0.25) is 14.5 Å². The Morgan fingerprint density at radius 3 is 2.22 bits per heavy atom. The number of nitrogens with zero attached hydrogens (tertiary/aromatic N) is 1. The molecule has 1 saturated heterocycles. The maximum Gasteiger partial charge on any atom is 0.242 e. The maximum absolute atomic E-state index is 12.5. The van der Waals surface area contributed by atoms with Gasteiger partial charge in [0.2, 0.25) is 11.8 Å². The first-order valence-corrected chi connectivity index (χ1v) is 12.2. The number of amides is 2. The number of hydrogen-bond acceptors (Lipinski definition) is 5. The van der Waals surface area contributed by atoms with Crippen LogP contribution >= 0.6 is 24.0 Å². The van der Waals surface area contributed by atoms with E-state index in [0.717, 1.165) is 22.4 Å². The van der Waals surface area contributed by atoms with Crippen LogP contribution in [0.4, 0.5) is 0 Å². The molecule has 1 aliphatic rings. The number of nitrogens with one attached hydrogen (secondary N) is 1. The molecule has 0 saturated carbocycles. The zero-order chi connectivity index (χ0) is 23.3. The summed E-state index contributed by atoms with van der Waals surface area (Å²) in [7, 11) is 0. The Balaban J connectivity index is 1.50. The standard InChI is InChI=1S/C25H30N2O3S2/c1-16(2)15-27-24(29)22(32-25(27)31)13-23(28)26-14-18-5-7-19(8-6-18)20-9-11-21(12-10-20)30-17(3)4/h5-12,16-17,22H,13-15H2,1-4H3,(H,26,28). The summed E-state index contributed by atoms with van der Waals surface area (Å²) in [5, 5.41) is 2.49. The van der Waals surface area contributed by atoms with Gasteiger partial charge in [-0.25, -0.2) is 0 Å². The Kier molecular flexibility index (Phi) is 8.32. The SMILES string of the molecule is CC(C)CN1C(=O)C(CC(=O)NCc2ccc(-c3ccc(OC(C)C)cc3)cc2)SC1=S. The van der Waals surface area contributed by atoms with E-state index in [0.29, 0.717) is 23.3 Å². The first kappa shape index (κ1) is 24.3. The average Bonchev–Trinajstić information content (AvgIpc) is 3.00. The van der Waals surface area contributed by atoms with Crippen molar-refractivity contribution in [3.05, 3.63) is 54.1 Å². The molecular weight excluding hydrogens is 440 g/mol. The number of thioether (sulfide) groups is 1. The molecule has 0 bridgehead atoms. The predicted octanol–water partition coefficient (Wildman–Crippen LogP) is 5.03. The molecule has 1 atom stereocenters. The van der Waals surface area contributed by atoms with Crippen LogP contribution in [0.15, 0.2) is 48.5 Å². The summed E-state index contributed by atoms with van der Waals surface area (Å²) in [6, 6.07) is 16.1. The van der Waals surface area contributed by atoms with E-state index in [1.54, 1.807) is 4.90 Å². The number of benzene rings is 2. The van der Waals surface area contributed by atoms with Crippen molar-refractivity contribution >= 4 is 40.1 Å². The molecule has 3 rings (SSSR count). The van der Waals surface area contributed by atoms with Gasteiger partial charge >= 0.3 is 0 Å². The van der Waals surface area contributed by atoms with E-state index < -0.39 is 5.25 Å². The molecule has 1 unspecified atom stereocenters. The second kappa shape index (κ2) is 11.0. The number of carbonyl (C=O) groups excluding carboxylic acids is 2. The van der Waals surface area contributed by atoms with E-state index in [2.05, 4.69) is 5.32 Å². The number of ether oxygens (including phenoxy) is 1. The summed E-state index contributed by atoms with van der Waals surface area (Å²) in [5.41, 5.74) is 3.21. The van der Waals surface area contributed by atoms with Gasteiger partial charge in [0, 0.05) is 19.5 Å². The maximum atomic E-state index is 12.5. The van der Waals surface area contributed by atoms with Gasteiger partial charge in [-0.2, -0.15) is 0 Å². The minimum atomic E-state index is -0.425. The number of thiocarbonyl (C=S) groups is 1. The van der Waals surface area contributed by atoms with Crippen LogP contribution in [0.2, 0.25) is 0 Å². The molecule has 0 aliphatic carbocycles. The monoisotopic (exact) mass is 470 g/mol. The molecule has 1 aliphatic heterocycles. The summed E-state index contributed by atoms with van der Waals surface area (Å²) in [6.07, 6.45) is 0.289. The molecule has 170 valence electrons. The lowest BCUT2D eigenvalue weighted by Crippen LogP contribution is -2.36. The highest BCUT2D eigenvalue weighted by atomic mass is 32.2. The van der Waals surface area contributed by atoms with E-state index in [-0.39, 0.29) is 24.3 Å². The lowest BCUT2D eigenvalue weighted by Gasteiger charge is -2.17. The molecule has 1 fully saturated rings. The first-order chi connectivity index (χ1) is 15.2. The second-order valence-corrected chi connectivity index (χ2v) is 10.4. The van der Waals surface area contributed by atoms with Crippen LogP contribution < -0.4 is 10.1 Å². The summed E-state index contributed by atoms with van der Waals surface area (Å²) < 4.78 is 6.26. The quantitative estimate of drug-likeness (QED) is 0.521. The van der Waals surface area contributed by atoms with Gasteiger partial charge in [0.15, 0.2) is 0 Å². The Labute approximate surface area is 199 Å². The van der Waals surface area contributed by atoms with Crippen molar-refractivity contribution in [2.45, 2.75) is 52.0 Å². The van der Waals surface area contributed by atoms with Crippen molar-refractivity contribution < 1.29 is 14.3 Å². The zero-order valence-corrected chi connectivity index (χ0v) is 20.6. The summed E-state index contributed by atoms with van der Waals surface area (Å²) in [4.78, 5) is 26.6. The third-order valence-corrected chi connectivity index (χ3v) is 6.51. The van der Waals surface area contributed by atoms with Crippen molar-refractivity contribution in [1.29, 1.82) is 0 Å². The van der Waals surface area contributed by atoms with Gasteiger partial charge in [-0.1, -0.05) is 74.2 Å². The Morgan fingerprint density at radius 2 is 1.66 bits per heavy atom. The zero-order valence-electron chi connectivity index (χ0n) is 19.0. The highest BCUT2D eigenvalue weighted by Crippen LogP contribution is 2.30. The predicted molar refractivity (Wildman–Crippen MR) is 135 cm³/mol. The van der Waals surface area contributed by atoms with E-state index in [1.807, 2.05) is 76.2 Å². The molecule has 32 heavy (non-hydrogen) atoms. The molecule has 7 heteroatoms. The summed E-state index contributed by atoms with van der Waals surface area (Å²) in [5.74, 6) is 0.988. The molecule has 0 radical (unpaired) electrons. The fourth-order valence-corrected chi connectivity index (χ4v) is 4.92. The fourth-order valence-electron chi connectivity index (χ4n) is 3.41. The Bertz CT molecular complexity index is 956. The number of rotatable bonds is 9. The van der Waals surface area contributed by atoms with Crippen molar-refractivity contribution in [2.24, 2.45) is 5.92 Å². The summed E-state index contributed by atoms with van der Waals surface area (Å²) in [6.45, 7) is 9.12. The van der Waals surface area contributed by atoms with Crippen LogP contribution in [0, 0.1) is 5.92 Å². The molecule has 2 aromatic rings. The second-order valence-electron chi connectivity index (χ2n) is 8.58. The normalized spacial score (nSPS) is 16.2. The molecule has 1 heterocycles. The van der Waals surface area contributed by atoms with Gasteiger partial charge in [-0.15, -0.1) is 0 Å². The van der Waals surface area contributed by atoms with Crippen molar-refractivity contribution in [2.75, 3.05) is 6.54 Å². The molecule has 0 spiro atoms. The van der Waals surface area contributed by atoms with Crippen molar-refractivity contribution in [1.82, 2.24) is 10.2 Å². The van der Waals surface area contributed by atoms with Crippen molar-refractivity contribution in [3.8, 4) is 16.9 Å². The minimum Gasteiger partial charge on any atom is -0.491 e. The number of carbonyl (C=O) groups is 2. The van der Waals surface area contributed by atoms with Gasteiger partial charge in [0.1, 0.15) is 10.1 Å². The first-order valence-electron chi connectivity index (χ1n) is 10.9. The van der Waals surface area contributed by atoms with Gasteiger partial charge in [0.05, 0.1) is 11.4 Å². The average molecular weight is 471 g/mol. The van der Waals surface area contributed by atoms with Crippen molar-refractivity contribution in [3.63, 3.8) is 0 Å².